The molecule has 0 aromatic heterocycles. The molecular formula is C25H20. The molecule has 0 bridgehead atoms. The van der Waals surface area contributed by atoms with Crippen LogP contribution in [0.4, 0.5) is 0 Å². The van der Waals surface area contributed by atoms with E-state index in [-0.39, 0.29) is 0 Å². The monoisotopic (exact) mass is 320 g/mol. The van der Waals surface area contributed by atoms with Crippen LogP contribution in [0.15, 0.2) is 72.8 Å². The Bertz CT molecular complexity index is 1150. The lowest BCUT2D eigenvalue weighted by Gasteiger charge is -2.13. The molecule has 0 atom stereocenters. The number of allylic oxidation sites excluding steroid dienone is 1. The van der Waals surface area contributed by atoms with Crippen molar-refractivity contribution in [2.45, 2.75) is 19.8 Å². The number of aryl methyl sites for hydroxylation is 1. The van der Waals surface area contributed by atoms with Crippen LogP contribution in [0.1, 0.15) is 23.6 Å². The first kappa shape index (κ1) is 14.5. The second kappa shape index (κ2) is 5.60. The van der Waals surface area contributed by atoms with Crippen molar-refractivity contribution in [1.82, 2.24) is 0 Å². The summed E-state index contributed by atoms with van der Waals surface area (Å²) in [5.74, 6) is 0. The van der Waals surface area contributed by atoms with Gasteiger partial charge in [-0.2, -0.15) is 0 Å². The van der Waals surface area contributed by atoms with Gasteiger partial charge in [-0.25, -0.2) is 0 Å². The van der Waals surface area contributed by atoms with Gasteiger partial charge in [0.15, 0.2) is 0 Å². The highest BCUT2D eigenvalue weighted by Crippen LogP contribution is 2.38. The van der Waals surface area contributed by atoms with Gasteiger partial charge >= 0.3 is 0 Å². The van der Waals surface area contributed by atoms with Crippen LogP contribution in [-0.2, 0) is 12.8 Å². The Labute approximate surface area is 148 Å². The van der Waals surface area contributed by atoms with E-state index in [2.05, 4.69) is 85.8 Å². The van der Waals surface area contributed by atoms with Crippen molar-refractivity contribution in [1.29, 1.82) is 0 Å². The molecule has 0 heteroatoms. The molecule has 0 heterocycles. The third-order valence-corrected chi connectivity index (χ3v) is 5.45. The van der Waals surface area contributed by atoms with Crippen LogP contribution in [0.5, 0.6) is 0 Å². The van der Waals surface area contributed by atoms with E-state index in [4.69, 9.17) is 0 Å². The van der Waals surface area contributed by atoms with Crippen LogP contribution in [0, 0.1) is 0 Å². The van der Waals surface area contributed by atoms with E-state index >= 15 is 0 Å². The van der Waals surface area contributed by atoms with Crippen LogP contribution in [0.2, 0.25) is 0 Å². The fourth-order valence-corrected chi connectivity index (χ4v) is 4.15. The van der Waals surface area contributed by atoms with E-state index in [0.29, 0.717) is 0 Å². The molecule has 0 fully saturated rings. The predicted octanol–water partition coefficient (Wildman–Crippen LogP) is 6.79. The normalized spacial score (nSPS) is 12.8. The maximum atomic E-state index is 2.38. The number of hydrogen-bond donors (Lipinski definition) is 0. The van der Waals surface area contributed by atoms with Gasteiger partial charge < -0.3 is 0 Å². The summed E-state index contributed by atoms with van der Waals surface area (Å²) in [5, 5.41) is 5.50. The van der Waals surface area contributed by atoms with Crippen molar-refractivity contribution < 1.29 is 0 Å². The third-order valence-electron chi connectivity index (χ3n) is 5.45. The second-order valence-electron chi connectivity index (χ2n) is 6.86. The average molecular weight is 320 g/mol. The molecule has 0 saturated heterocycles. The van der Waals surface area contributed by atoms with Crippen molar-refractivity contribution in [3.63, 3.8) is 0 Å². The zero-order chi connectivity index (χ0) is 16.8. The highest BCUT2D eigenvalue weighted by molar-refractivity contribution is 6.14. The molecule has 25 heavy (non-hydrogen) atoms. The van der Waals surface area contributed by atoms with Gasteiger partial charge in [0.2, 0.25) is 0 Å². The summed E-state index contributed by atoms with van der Waals surface area (Å²) in [6.07, 6.45) is 6.69. The molecule has 5 rings (SSSR count). The van der Waals surface area contributed by atoms with Gasteiger partial charge in [0.1, 0.15) is 0 Å². The van der Waals surface area contributed by atoms with Crippen LogP contribution < -0.4 is 0 Å². The van der Waals surface area contributed by atoms with Crippen LogP contribution in [0.3, 0.4) is 0 Å². The van der Waals surface area contributed by atoms with E-state index in [1.54, 1.807) is 0 Å². The largest absolute Gasteiger partial charge is 0.0795 e. The van der Waals surface area contributed by atoms with Gasteiger partial charge in [0.05, 0.1) is 0 Å². The molecule has 1 aliphatic rings. The number of benzene rings is 4. The zero-order valence-corrected chi connectivity index (χ0v) is 14.4. The fourth-order valence-electron chi connectivity index (χ4n) is 4.15. The Morgan fingerprint density at radius 3 is 2.44 bits per heavy atom. The van der Waals surface area contributed by atoms with Crippen LogP contribution in [-0.4, -0.2) is 0 Å². The van der Waals surface area contributed by atoms with Crippen LogP contribution >= 0.6 is 0 Å². The minimum Gasteiger partial charge on any atom is -0.0795 e. The number of fused-ring (bicyclic) bond motifs is 6. The van der Waals surface area contributed by atoms with Crippen LogP contribution in [0.25, 0.3) is 38.7 Å². The van der Waals surface area contributed by atoms with Gasteiger partial charge in [-0.05, 0) is 68.3 Å². The Morgan fingerprint density at radius 1 is 0.720 bits per heavy atom. The summed E-state index contributed by atoms with van der Waals surface area (Å²) in [4.78, 5) is 0. The van der Waals surface area contributed by atoms with Crippen molar-refractivity contribution >= 4 is 27.6 Å². The summed E-state index contributed by atoms with van der Waals surface area (Å²) < 4.78 is 0. The Balaban J connectivity index is 1.83. The SMILES string of the molecule is CCc1cccc(-c2ccc3c4c(c5ccccc5c3c2)C=CC4)c1. The van der Waals surface area contributed by atoms with Crippen molar-refractivity contribution in [3.8, 4) is 11.1 Å². The molecule has 0 spiro atoms. The lowest BCUT2D eigenvalue weighted by Crippen LogP contribution is -1.90. The molecule has 4 aromatic carbocycles. The van der Waals surface area contributed by atoms with E-state index in [9.17, 15) is 0 Å². The molecule has 0 nitrogen and oxygen atoms in total. The average Bonchev–Trinajstić information content (AvgIpc) is 3.18. The Kier molecular flexibility index (Phi) is 3.24. The standard InChI is InChI=1S/C25H20/c1-2-17-7-5-8-18(15-17)19-13-14-24-22-12-6-11-21(22)20-9-3-4-10-23(20)25(24)16-19/h3-11,13-16H,2,12H2,1H3. The lowest BCUT2D eigenvalue weighted by molar-refractivity contribution is 1.14. The molecular weight excluding hydrogens is 300 g/mol. The fraction of sp³-hybridized carbons (Fsp3) is 0.120. The Hall–Kier alpha value is -2.86. The first-order valence-corrected chi connectivity index (χ1v) is 9.08. The molecule has 0 saturated carbocycles. The summed E-state index contributed by atoms with van der Waals surface area (Å²) in [6.45, 7) is 2.21. The number of rotatable bonds is 2. The molecule has 4 aromatic rings. The topological polar surface area (TPSA) is 0 Å². The molecule has 0 N–H and O–H groups in total. The van der Waals surface area contributed by atoms with E-state index in [1.165, 1.54) is 49.4 Å². The first-order chi connectivity index (χ1) is 12.3. The molecule has 0 aliphatic heterocycles. The maximum absolute atomic E-state index is 2.38. The van der Waals surface area contributed by atoms with Crippen molar-refractivity contribution in [2.75, 3.05) is 0 Å². The maximum Gasteiger partial charge on any atom is -0.00818 e. The lowest BCUT2D eigenvalue weighted by atomic mass is 9.90. The second-order valence-corrected chi connectivity index (χ2v) is 6.86. The van der Waals surface area contributed by atoms with Gasteiger partial charge in [-0.3, -0.25) is 0 Å². The van der Waals surface area contributed by atoms with Crippen molar-refractivity contribution in [3.05, 3.63) is 89.5 Å². The summed E-state index contributed by atoms with van der Waals surface area (Å²) in [6, 6.07) is 24.7. The third kappa shape index (κ3) is 2.21. The molecule has 0 amide bonds. The molecule has 120 valence electrons. The van der Waals surface area contributed by atoms with Gasteiger partial charge in [0.25, 0.3) is 0 Å². The minimum atomic E-state index is 1.04. The zero-order valence-electron chi connectivity index (χ0n) is 14.4. The summed E-state index contributed by atoms with van der Waals surface area (Å²) >= 11 is 0. The number of hydrogen-bond acceptors (Lipinski definition) is 0. The van der Waals surface area contributed by atoms with Gasteiger partial charge in [-0.1, -0.05) is 79.7 Å². The Morgan fingerprint density at radius 2 is 1.56 bits per heavy atom. The summed E-state index contributed by atoms with van der Waals surface area (Å²) in [7, 11) is 0. The van der Waals surface area contributed by atoms with Gasteiger partial charge in [-0.15, -0.1) is 0 Å². The quantitative estimate of drug-likeness (QED) is 0.357. The molecule has 0 unspecified atom stereocenters. The van der Waals surface area contributed by atoms with E-state index in [0.717, 1.165) is 12.8 Å². The molecule has 1 aliphatic carbocycles. The molecule has 0 radical (unpaired) electrons. The van der Waals surface area contributed by atoms with Gasteiger partial charge in [0, 0.05) is 0 Å². The first-order valence-electron chi connectivity index (χ1n) is 9.08. The highest BCUT2D eigenvalue weighted by atomic mass is 14.2. The highest BCUT2D eigenvalue weighted by Gasteiger charge is 2.15. The predicted molar refractivity (Wildman–Crippen MR) is 109 cm³/mol. The van der Waals surface area contributed by atoms with E-state index in [1.807, 2.05) is 0 Å². The smallest absolute Gasteiger partial charge is 0.00818 e. The van der Waals surface area contributed by atoms with E-state index < -0.39 is 0 Å². The summed E-state index contributed by atoms with van der Waals surface area (Å²) in [5.41, 5.74) is 6.88. The van der Waals surface area contributed by atoms with Crippen molar-refractivity contribution in [2.24, 2.45) is 0 Å². The minimum absolute atomic E-state index is 1.04.